The van der Waals surface area contributed by atoms with Gasteiger partial charge in [-0.25, -0.2) is 4.39 Å². The van der Waals surface area contributed by atoms with E-state index in [4.69, 9.17) is 5.73 Å². The van der Waals surface area contributed by atoms with Gasteiger partial charge in [-0.15, -0.1) is 0 Å². The summed E-state index contributed by atoms with van der Waals surface area (Å²) in [6.07, 6.45) is 7.28. The van der Waals surface area contributed by atoms with Crippen LogP contribution in [0.15, 0.2) is 24.3 Å². The van der Waals surface area contributed by atoms with Gasteiger partial charge in [-0.05, 0) is 49.8 Å². The summed E-state index contributed by atoms with van der Waals surface area (Å²) in [5.74, 6) is -0.149. The minimum atomic E-state index is -0.149. The van der Waals surface area contributed by atoms with E-state index in [1.165, 1.54) is 24.8 Å². The van der Waals surface area contributed by atoms with Crippen LogP contribution in [-0.4, -0.2) is 29.6 Å². The van der Waals surface area contributed by atoms with Crippen LogP contribution in [0.3, 0.4) is 0 Å². The molecule has 3 rings (SSSR count). The summed E-state index contributed by atoms with van der Waals surface area (Å²) >= 11 is 0. The van der Waals surface area contributed by atoms with Gasteiger partial charge >= 0.3 is 0 Å². The van der Waals surface area contributed by atoms with Crippen molar-refractivity contribution in [3.63, 3.8) is 0 Å². The number of fused-ring (bicyclic) bond motifs is 2. The summed E-state index contributed by atoms with van der Waals surface area (Å²) in [5.41, 5.74) is 7.37. The molecule has 0 spiro atoms. The van der Waals surface area contributed by atoms with E-state index in [0.717, 1.165) is 25.8 Å². The number of nitrogens with zero attached hydrogens (tertiary/aromatic N) is 1. The van der Waals surface area contributed by atoms with Crippen molar-refractivity contribution >= 4 is 0 Å². The summed E-state index contributed by atoms with van der Waals surface area (Å²) in [4.78, 5) is 2.66. The Bertz CT molecular complexity index is 403. The van der Waals surface area contributed by atoms with E-state index >= 15 is 0 Å². The molecule has 2 heterocycles. The lowest BCUT2D eigenvalue weighted by Crippen LogP contribution is -2.55. The number of benzene rings is 1. The van der Waals surface area contributed by atoms with Crippen molar-refractivity contribution in [1.29, 1.82) is 0 Å². The van der Waals surface area contributed by atoms with Crippen molar-refractivity contribution in [3.8, 4) is 0 Å². The highest BCUT2D eigenvalue weighted by atomic mass is 19.1. The van der Waals surface area contributed by atoms with Crippen molar-refractivity contribution in [3.05, 3.63) is 35.6 Å². The van der Waals surface area contributed by atoms with Crippen LogP contribution < -0.4 is 5.73 Å². The van der Waals surface area contributed by atoms with Crippen molar-refractivity contribution in [1.82, 2.24) is 4.90 Å². The van der Waals surface area contributed by atoms with Gasteiger partial charge in [0.05, 0.1) is 0 Å². The molecular weight excluding hydrogens is 239 g/mol. The summed E-state index contributed by atoms with van der Waals surface area (Å²) in [6, 6.07) is 8.69. The largest absolute Gasteiger partial charge is 0.328 e. The lowest BCUT2D eigenvalue weighted by molar-refractivity contribution is 0.0327. The van der Waals surface area contributed by atoms with E-state index in [1.807, 2.05) is 12.1 Å². The smallest absolute Gasteiger partial charge is 0.123 e. The molecule has 2 unspecified atom stereocenters. The highest BCUT2D eigenvalue weighted by molar-refractivity contribution is 5.16. The first kappa shape index (κ1) is 13.1. The van der Waals surface area contributed by atoms with E-state index in [1.54, 1.807) is 12.1 Å². The Labute approximate surface area is 114 Å². The predicted molar refractivity (Wildman–Crippen MR) is 75.4 cm³/mol. The quantitative estimate of drug-likeness (QED) is 0.907. The fourth-order valence-corrected chi connectivity index (χ4v) is 3.79. The molecular formula is C16H23FN2. The van der Waals surface area contributed by atoms with Gasteiger partial charge in [-0.2, -0.15) is 0 Å². The van der Waals surface area contributed by atoms with Gasteiger partial charge in [0.25, 0.3) is 0 Å². The first-order valence-corrected chi connectivity index (χ1v) is 7.48. The van der Waals surface area contributed by atoms with Crippen molar-refractivity contribution in [2.75, 3.05) is 6.54 Å². The normalized spacial score (nSPS) is 31.4. The number of hydrogen-bond donors (Lipinski definition) is 1. The van der Waals surface area contributed by atoms with Gasteiger partial charge in [-0.1, -0.05) is 18.6 Å². The highest BCUT2D eigenvalue weighted by Gasteiger charge is 2.36. The zero-order chi connectivity index (χ0) is 13.2. The fourth-order valence-electron chi connectivity index (χ4n) is 3.79. The predicted octanol–water partition coefficient (Wildman–Crippen LogP) is 2.71. The molecule has 2 nitrogen and oxygen atoms in total. The standard InChI is InChI=1S/C16H23FN2/c17-13-6-4-12(5-7-13)8-9-19-15-2-1-3-16(19)11-14(18)10-15/h4-7,14-16H,1-3,8-11,18H2. The Morgan fingerprint density at radius 3 is 2.37 bits per heavy atom. The lowest BCUT2D eigenvalue weighted by Gasteiger charge is -2.48. The minimum Gasteiger partial charge on any atom is -0.328 e. The molecule has 0 aromatic heterocycles. The molecule has 0 saturated carbocycles. The van der Waals surface area contributed by atoms with Crippen molar-refractivity contribution < 1.29 is 4.39 Å². The molecule has 2 fully saturated rings. The third-order valence-corrected chi connectivity index (χ3v) is 4.73. The molecule has 2 saturated heterocycles. The first-order valence-electron chi connectivity index (χ1n) is 7.48. The minimum absolute atomic E-state index is 0.149. The summed E-state index contributed by atoms with van der Waals surface area (Å²) in [7, 11) is 0. The number of halogens is 1. The maximum absolute atomic E-state index is 12.9. The van der Waals surface area contributed by atoms with Crippen LogP contribution in [0.25, 0.3) is 0 Å². The first-order chi connectivity index (χ1) is 9.22. The SMILES string of the molecule is NC1CC2CCCC(C1)N2CCc1ccc(F)cc1. The van der Waals surface area contributed by atoms with E-state index < -0.39 is 0 Å². The van der Waals surface area contributed by atoms with Crippen LogP contribution in [0.4, 0.5) is 4.39 Å². The summed E-state index contributed by atoms with van der Waals surface area (Å²) < 4.78 is 12.9. The molecule has 104 valence electrons. The average molecular weight is 262 g/mol. The zero-order valence-corrected chi connectivity index (χ0v) is 11.4. The second-order valence-electron chi connectivity index (χ2n) is 6.08. The molecule has 2 bridgehead atoms. The van der Waals surface area contributed by atoms with E-state index in [9.17, 15) is 4.39 Å². The maximum atomic E-state index is 12.9. The summed E-state index contributed by atoms with van der Waals surface area (Å²) in [6.45, 7) is 1.09. The van der Waals surface area contributed by atoms with Crippen LogP contribution in [0.2, 0.25) is 0 Å². The molecule has 1 aromatic rings. The second-order valence-corrected chi connectivity index (χ2v) is 6.08. The number of rotatable bonds is 3. The van der Waals surface area contributed by atoms with E-state index in [-0.39, 0.29) is 5.82 Å². The number of piperidine rings is 2. The zero-order valence-electron chi connectivity index (χ0n) is 11.4. The highest BCUT2D eigenvalue weighted by Crippen LogP contribution is 2.33. The van der Waals surface area contributed by atoms with E-state index in [2.05, 4.69) is 4.90 Å². The Hall–Kier alpha value is -0.930. The third-order valence-electron chi connectivity index (χ3n) is 4.73. The van der Waals surface area contributed by atoms with Gasteiger partial charge < -0.3 is 5.73 Å². The third kappa shape index (κ3) is 2.98. The Kier molecular flexibility index (Phi) is 3.85. The molecule has 2 atom stereocenters. The van der Waals surface area contributed by atoms with E-state index in [0.29, 0.717) is 18.1 Å². The topological polar surface area (TPSA) is 29.3 Å². The number of nitrogens with two attached hydrogens (primary N) is 1. The van der Waals surface area contributed by atoms with Crippen molar-refractivity contribution in [2.24, 2.45) is 5.73 Å². The molecule has 0 amide bonds. The molecule has 0 radical (unpaired) electrons. The Balaban J connectivity index is 1.61. The van der Waals surface area contributed by atoms with Crippen LogP contribution in [0.1, 0.15) is 37.7 Å². The van der Waals surface area contributed by atoms with Gasteiger partial charge in [0, 0.05) is 24.7 Å². The molecule has 1 aromatic carbocycles. The number of hydrogen-bond acceptors (Lipinski definition) is 2. The average Bonchev–Trinajstić information content (AvgIpc) is 2.38. The molecule has 2 aliphatic heterocycles. The molecule has 3 heteroatoms. The molecule has 0 aliphatic carbocycles. The Morgan fingerprint density at radius 2 is 1.74 bits per heavy atom. The molecule has 2 N–H and O–H groups in total. The van der Waals surface area contributed by atoms with Crippen LogP contribution in [-0.2, 0) is 6.42 Å². The Morgan fingerprint density at radius 1 is 1.11 bits per heavy atom. The van der Waals surface area contributed by atoms with Crippen LogP contribution >= 0.6 is 0 Å². The van der Waals surface area contributed by atoms with Gasteiger partial charge in [0.15, 0.2) is 0 Å². The second kappa shape index (κ2) is 5.59. The van der Waals surface area contributed by atoms with Crippen LogP contribution in [0, 0.1) is 5.82 Å². The van der Waals surface area contributed by atoms with Gasteiger partial charge in [0.1, 0.15) is 5.82 Å². The van der Waals surface area contributed by atoms with Crippen LogP contribution in [0.5, 0.6) is 0 Å². The maximum Gasteiger partial charge on any atom is 0.123 e. The lowest BCUT2D eigenvalue weighted by atomic mass is 9.82. The fraction of sp³-hybridized carbons (Fsp3) is 0.625. The molecule has 19 heavy (non-hydrogen) atoms. The van der Waals surface area contributed by atoms with Crippen molar-refractivity contribution in [2.45, 2.75) is 56.7 Å². The van der Waals surface area contributed by atoms with Gasteiger partial charge in [0.2, 0.25) is 0 Å². The molecule has 2 aliphatic rings. The van der Waals surface area contributed by atoms with Gasteiger partial charge in [-0.3, -0.25) is 4.90 Å². The summed E-state index contributed by atoms with van der Waals surface area (Å²) in [5, 5.41) is 0. The monoisotopic (exact) mass is 262 g/mol.